The quantitative estimate of drug-likeness (QED) is 0.204. The summed E-state index contributed by atoms with van der Waals surface area (Å²) in [6, 6.07) is 16.8. The van der Waals surface area contributed by atoms with E-state index in [4.69, 9.17) is 4.74 Å². The molecular formula is C28H24F3NO3S. The van der Waals surface area contributed by atoms with E-state index < -0.39 is 23.1 Å². The molecule has 0 unspecified atom stereocenters. The van der Waals surface area contributed by atoms with Gasteiger partial charge in [0.25, 0.3) is 0 Å². The lowest BCUT2D eigenvalue weighted by Crippen LogP contribution is -2.38. The van der Waals surface area contributed by atoms with Crippen LogP contribution < -0.4 is 4.74 Å². The fraction of sp³-hybridized carbons (Fsp3) is 0.250. The molecule has 0 radical (unpaired) electrons. The number of rotatable bonds is 8. The van der Waals surface area contributed by atoms with Crippen LogP contribution >= 0.6 is 11.3 Å². The molecule has 5 rings (SSSR count). The second kappa shape index (κ2) is 9.95. The van der Waals surface area contributed by atoms with Crippen LogP contribution in [0.3, 0.4) is 0 Å². The average Bonchev–Trinajstić information content (AvgIpc) is 3.20. The number of thiophene rings is 1. The Morgan fingerprint density at radius 1 is 1.03 bits per heavy atom. The van der Waals surface area contributed by atoms with E-state index in [1.165, 1.54) is 36.8 Å². The number of hydrogen-bond donors (Lipinski definition) is 1. The minimum atomic E-state index is -4.66. The van der Waals surface area contributed by atoms with E-state index in [0.29, 0.717) is 33.6 Å². The fourth-order valence-electron chi connectivity index (χ4n) is 4.38. The van der Waals surface area contributed by atoms with Crippen molar-refractivity contribution in [1.82, 2.24) is 4.90 Å². The van der Waals surface area contributed by atoms with Crippen molar-refractivity contribution in [3.8, 4) is 22.6 Å². The van der Waals surface area contributed by atoms with Crippen molar-refractivity contribution >= 4 is 27.2 Å². The van der Waals surface area contributed by atoms with Crippen molar-refractivity contribution in [2.75, 3.05) is 26.2 Å². The van der Waals surface area contributed by atoms with Crippen LogP contribution in [-0.4, -0.2) is 42.0 Å². The number of halogens is 3. The first kappa shape index (κ1) is 24.3. The summed E-state index contributed by atoms with van der Waals surface area (Å²) in [4.78, 5) is 16.1. The molecule has 1 aromatic heterocycles. The summed E-state index contributed by atoms with van der Waals surface area (Å²) in [7, 11) is 0. The summed E-state index contributed by atoms with van der Waals surface area (Å²) in [5.74, 6) is 0.00624. The van der Waals surface area contributed by atoms with Crippen molar-refractivity contribution in [2.24, 2.45) is 0 Å². The normalized spacial score (nSPS) is 14.1. The Labute approximate surface area is 210 Å². The zero-order valence-corrected chi connectivity index (χ0v) is 20.2. The van der Waals surface area contributed by atoms with Crippen molar-refractivity contribution < 1.29 is 27.8 Å². The third-order valence-electron chi connectivity index (χ3n) is 6.34. The number of carbonyl (C=O) groups excluding carboxylic acids is 1. The first-order valence-electron chi connectivity index (χ1n) is 11.7. The molecule has 8 heteroatoms. The molecule has 1 N–H and O–H groups in total. The van der Waals surface area contributed by atoms with Crippen LogP contribution in [-0.2, 0) is 6.18 Å². The Morgan fingerprint density at radius 3 is 2.47 bits per heavy atom. The molecule has 1 fully saturated rings. The summed E-state index contributed by atoms with van der Waals surface area (Å²) >= 11 is 1.07. The summed E-state index contributed by atoms with van der Waals surface area (Å²) in [5.41, 5.74) is -0.138. The van der Waals surface area contributed by atoms with Gasteiger partial charge in [-0.1, -0.05) is 30.3 Å². The number of phenolic OH excluding ortho intramolecular Hbond substituents is 1. The van der Waals surface area contributed by atoms with Crippen LogP contribution in [0.1, 0.15) is 33.6 Å². The van der Waals surface area contributed by atoms with E-state index in [2.05, 4.69) is 4.90 Å². The monoisotopic (exact) mass is 511 g/mol. The molecule has 1 aliphatic rings. The molecular weight excluding hydrogens is 487 g/mol. The maximum Gasteiger partial charge on any atom is 0.417 e. The van der Waals surface area contributed by atoms with Gasteiger partial charge in [0.05, 0.1) is 17.0 Å². The van der Waals surface area contributed by atoms with Gasteiger partial charge in [0.1, 0.15) is 11.5 Å². The molecule has 0 saturated carbocycles. The standard InChI is InChI=1S/C28H24F3NO3S/c29-28(30,31)23-6-2-1-5-21(23)26(34)27-25(22-12-9-19(33)17-24(22)36-27)18-7-10-20(11-8-18)35-16-4-15-32-13-3-14-32/h1-2,5-12,17,33H,3-4,13-16H2. The van der Waals surface area contributed by atoms with Crippen LogP contribution in [0.4, 0.5) is 13.2 Å². The van der Waals surface area contributed by atoms with Gasteiger partial charge in [-0.3, -0.25) is 4.79 Å². The molecule has 0 atom stereocenters. The minimum absolute atomic E-state index is 0.0203. The topological polar surface area (TPSA) is 49.8 Å². The van der Waals surface area contributed by atoms with Gasteiger partial charge in [0.2, 0.25) is 5.78 Å². The van der Waals surface area contributed by atoms with E-state index in [-0.39, 0.29) is 10.6 Å². The second-order valence-corrected chi connectivity index (χ2v) is 9.83. The highest BCUT2D eigenvalue weighted by molar-refractivity contribution is 7.21. The number of likely N-dealkylation sites (tertiary alicyclic amines) is 1. The van der Waals surface area contributed by atoms with Gasteiger partial charge in [-0.2, -0.15) is 13.2 Å². The van der Waals surface area contributed by atoms with Gasteiger partial charge < -0.3 is 14.7 Å². The van der Waals surface area contributed by atoms with E-state index >= 15 is 0 Å². The van der Waals surface area contributed by atoms with E-state index in [1.807, 2.05) is 12.1 Å². The Bertz CT molecular complexity index is 1390. The van der Waals surface area contributed by atoms with Crippen molar-refractivity contribution in [1.29, 1.82) is 0 Å². The predicted molar refractivity (Wildman–Crippen MR) is 135 cm³/mol. The smallest absolute Gasteiger partial charge is 0.417 e. The highest BCUT2D eigenvalue weighted by Crippen LogP contribution is 2.43. The maximum atomic E-state index is 13.6. The number of phenols is 1. The average molecular weight is 512 g/mol. The molecule has 0 amide bonds. The number of alkyl halides is 3. The minimum Gasteiger partial charge on any atom is -0.508 e. The van der Waals surface area contributed by atoms with Gasteiger partial charge >= 0.3 is 6.18 Å². The van der Waals surface area contributed by atoms with E-state index in [9.17, 15) is 23.1 Å². The lowest BCUT2D eigenvalue weighted by atomic mass is 9.96. The second-order valence-electron chi connectivity index (χ2n) is 8.78. The van der Waals surface area contributed by atoms with Crippen LogP contribution in [0.5, 0.6) is 11.5 Å². The van der Waals surface area contributed by atoms with Gasteiger partial charge in [-0.25, -0.2) is 0 Å². The zero-order valence-electron chi connectivity index (χ0n) is 19.3. The van der Waals surface area contributed by atoms with Crippen LogP contribution in [0.25, 0.3) is 21.2 Å². The number of ketones is 1. The number of ether oxygens (including phenoxy) is 1. The molecule has 1 aliphatic heterocycles. The SMILES string of the molecule is O=C(c1ccccc1C(F)(F)F)c1sc2cc(O)ccc2c1-c1ccc(OCCCN2CCC2)cc1. The van der Waals surface area contributed by atoms with E-state index in [0.717, 1.165) is 43.5 Å². The Hall–Kier alpha value is -3.36. The molecule has 1 saturated heterocycles. The Kier molecular flexibility index (Phi) is 6.73. The summed E-state index contributed by atoms with van der Waals surface area (Å²) < 4.78 is 47.4. The maximum absolute atomic E-state index is 13.6. The van der Waals surface area contributed by atoms with Crippen LogP contribution in [0.2, 0.25) is 0 Å². The lowest BCUT2D eigenvalue weighted by Gasteiger charge is -2.30. The molecule has 36 heavy (non-hydrogen) atoms. The number of nitrogens with zero attached hydrogens (tertiary/aromatic N) is 1. The molecule has 0 aliphatic carbocycles. The number of carbonyl (C=O) groups is 1. The molecule has 0 bridgehead atoms. The summed E-state index contributed by atoms with van der Waals surface area (Å²) in [6.45, 7) is 3.90. The Morgan fingerprint density at radius 2 is 1.78 bits per heavy atom. The highest BCUT2D eigenvalue weighted by atomic mass is 32.1. The Balaban J connectivity index is 1.48. The number of hydrogen-bond acceptors (Lipinski definition) is 5. The molecule has 2 heterocycles. The highest BCUT2D eigenvalue weighted by Gasteiger charge is 2.36. The predicted octanol–water partition coefficient (Wildman–Crippen LogP) is 7.00. The lowest BCUT2D eigenvalue weighted by molar-refractivity contribution is -0.137. The van der Waals surface area contributed by atoms with Gasteiger partial charge in [0, 0.05) is 27.8 Å². The largest absolute Gasteiger partial charge is 0.508 e. The number of aromatic hydroxyl groups is 1. The first-order chi connectivity index (χ1) is 17.3. The number of fused-ring (bicyclic) bond motifs is 1. The van der Waals surface area contributed by atoms with Crippen molar-refractivity contribution in [3.63, 3.8) is 0 Å². The van der Waals surface area contributed by atoms with Gasteiger partial charge in [0.15, 0.2) is 0 Å². The van der Waals surface area contributed by atoms with Crippen LogP contribution in [0.15, 0.2) is 66.7 Å². The van der Waals surface area contributed by atoms with Gasteiger partial charge in [-0.15, -0.1) is 11.3 Å². The molecule has 0 spiro atoms. The molecule has 4 aromatic rings. The van der Waals surface area contributed by atoms with Crippen molar-refractivity contribution in [3.05, 3.63) is 82.7 Å². The summed E-state index contributed by atoms with van der Waals surface area (Å²) in [5, 5.41) is 10.6. The first-order valence-corrected chi connectivity index (χ1v) is 12.5. The third kappa shape index (κ3) is 4.96. The fourth-order valence-corrected chi connectivity index (χ4v) is 5.60. The number of benzene rings is 3. The molecule has 186 valence electrons. The summed E-state index contributed by atoms with van der Waals surface area (Å²) in [6.07, 6.45) is -2.47. The zero-order chi connectivity index (χ0) is 25.3. The molecule has 3 aromatic carbocycles. The third-order valence-corrected chi connectivity index (χ3v) is 7.49. The molecule has 4 nitrogen and oxygen atoms in total. The van der Waals surface area contributed by atoms with Crippen molar-refractivity contribution in [2.45, 2.75) is 19.0 Å². The van der Waals surface area contributed by atoms with E-state index in [1.54, 1.807) is 18.2 Å². The van der Waals surface area contributed by atoms with Crippen LogP contribution in [0, 0.1) is 0 Å². The van der Waals surface area contributed by atoms with Gasteiger partial charge in [-0.05, 0) is 67.9 Å².